The molecule has 2 aliphatic heterocycles. The molecule has 2 heterocycles. The number of esters is 1. The minimum absolute atomic E-state index is 0.0240. The van der Waals surface area contributed by atoms with Gasteiger partial charge >= 0.3 is 11.9 Å². The fraction of sp³-hybridized carbons (Fsp3) is 0.491. The number of carbonyl (C=O) groups is 8. The maximum atomic E-state index is 12.9. The van der Waals surface area contributed by atoms with Gasteiger partial charge in [0.1, 0.15) is 24.2 Å². The Hall–Kier alpha value is -6.92. The highest BCUT2D eigenvalue weighted by Crippen LogP contribution is 2.23. The molecule has 0 unspecified atom stereocenters. The molecule has 8 atom stereocenters. The second-order valence-corrected chi connectivity index (χ2v) is 19.4. The molecule has 2 saturated heterocycles. The smallest absolute Gasteiger partial charge is 0.328 e. The van der Waals surface area contributed by atoms with E-state index in [0.717, 1.165) is 45.5 Å². The van der Waals surface area contributed by atoms with Crippen LogP contribution >= 0.6 is 0 Å². The van der Waals surface area contributed by atoms with Crippen molar-refractivity contribution in [1.29, 1.82) is 0 Å². The van der Waals surface area contributed by atoms with Gasteiger partial charge in [0.15, 0.2) is 0 Å². The summed E-state index contributed by atoms with van der Waals surface area (Å²) in [6.45, 7) is 12.9. The predicted octanol–water partition coefficient (Wildman–Crippen LogP) is 4.17. The number of nitrogens with zero attached hydrogens (tertiary/aromatic N) is 2. The van der Waals surface area contributed by atoms with Crippen LogP contribution in [-0.4, -0.2) is 132 Å². The quantitative estimate of drug-likeness (QED) is 0.0490. The Balaban J connectivity index is 0.000000271. The first-order chi connectivity index (χ1) is 34.9. The first-order valence-corrected chi connectivity index (χ1v) is 25.4. The SMILES string of the molecule is CC[C@H](C)[C@@H](CN(CC(=O)N[C@@H](C)C(=O)O)Cc1cccc2ccccc12)NC(=O)[C@@H]1CCC(=O)N1.CC[C@H](C)[C@@H](CN(CC(=O)N[C@@H](C)C(=O)OC)Cc1cccc2ccccc12)NC(=O)[C@@H]1CCC(=O)N1. The van der Waals surface area contributed by atoms with E-state index in [1.807, 2.05) is 103 Å². The highest BCUT2D eigenvalue weighted by Gasteiger charge is 2.33. The molecule has 4 aromatic rings. The first kappa shape index (κ1) is 57.0. The molecule has 6 amide bonds. The Kier molecular flexibility index (Phi) is 21.7. The van der Waals surface area contributed by atoms with Gasteiger partial charge in [0.2, 0.25) is 35.4 Å². The molecule has 0 saturated carbocycles. The average molecular weight is 1010 g/mol. The number of aliphatic carboxylic acids is 1. The fourth-order valence-electron chi connectivity index (χ4n) is 9.04. The zero-order valence-corrected chi connectivity index (χ0v) is 43.2. The van der Waals surface area contributed by atoms with Crippen molar-refractivity contribution in [2.45, 2.75) is 129 Å². The van der Waals surface area contributed by atoms with Crippen LogP contribution in [0.2, 0.25) is 0 Å². The van der Waals surface area contributed by atoms with E-state index in [1.165, 1.54) is 14.0 Å². The Morgan fingerprint density at radius 2 is 1.00 bits per heavy atom. The third-order valence-corrected chi connectivity index (χ3v) is 13.8. The van der Waals surface area contributed by atoms with E-state index in [9.17, 15) is 43.5 Å². The second kappa shape index (κ2) is 27.8. The van der Waals surface area contributed by atoms with Crippen LogP contribution in [0.4, 0.5) is 0 Å². The van der Waals surface area contributed by atoms with Crippen LogP contribution in [0, 0.1) is 11.8 Å². The number of rotatable bonds is 24. The van der Waals surface area contributed by atoms with Crippen LogP contribution in [0.25, 0.3) is 21.5 Å². The summed E-state index contributed by atoms with van der Waals surface area (Å²) in [4.78, 5) is 102. The summed E-state index contributed by atoms with van der Waals surface area (Å²) in [5, 5.41) is 30.4. The molecule has 0 bridgehead atoms. The lowest BCUT2D eigenvalue weighted by Gasteiger charge is -2.32. The van der Waals surface area contributed by atoms with E-state index in [0.29, 0.717) is 51.9 Å². The molecule has 7 N–H and O–H groups in total. The van der Waals surface area contributed by atoms with Gasteiger partial charge in [0.05, 0.1) is 20.2 Å². The topological polar surface area (TPSA) is 245 Å². The maximum Gasteiger partial charge on any atom is 0.328 e. The number of nitrogens with one attached hydrogen (secondary N) is 6. The largest absolute Gasteiger partial charge is 0.480 e. The lowest BCUT2D eigenvalue weighted by atomic mass is 9.97. The minimum Gasteiger partial charge on any atom is -0.480 e. The number of carbonyl (C=O) groups excluding carboxylic acids is 7. The van der Waals surface area contributed by atoms with Gasteiger partial charge in [0.25, 0.3) is 0 Å². The standard InChI is InChI=1S/C28H38N4O5.C27H36N4O5/c1-5-18(2)24(31-27(35)23-13-14-25(33)30-23)16-32(17-26(34)29-19(3)28(36)37-4)15-21-11-8-10-20-9-6-7-12-22(20)21;1-4-17(2)23(30-26(34)22-12-13-24(32)29-22)15-31(16-25(33)28-18(3)27(35)36)14-20-10-7-9-19-8-5-6-11-21(19)20/h6-12,18-19,23-24H,5,13-17H2,1-4H3,(H,29,34)(H,30,33)(H,31,35);5-11,17-18,22-23H,4,12-16H2,1-3H3,(H,28,33)(H,29,32)(H,30,34)(H,35,36)/t18-,19-,23-,24+;17-,18-,22-,23+/m00/s1. The molecule has 6 rings (SSSR count). The summed E-state index contributed by atoms with van der Waals surface area (Å²) in [6.07, 6.45) is 3.26. The van der Waals surface area contributed by atoms with Gasteiger partial charge < -0.3 is 41.7 Å². The van der Waals surface area contributed by atoms with Crippen LogP contribution in [-0.2, 0) is 56.2 Å². The van der Waals surface area contributed by atoms with Gasteiger partial charge in [-0.2, -0.15) is 0 Å². The van der Waals surface area contributed by atoms with Crippen molar-refractivity contribution in [1.82, 2.24) is 41.7 Å². The lowest BCUT2D eigenvalue weighted by molar-refractivity contribution is -0.144. The third-order valence-electron chi connectivity index (χ3n) is 13.8. The summed E-state index contributed by atoms with van der Waals surface area (Å²) in [5.74, 6) is -2.76. The monoisotopic (exact) mass is 1010 g/mol. The molecule has 0 spiro atoms. The number of hydrogen-bond donors (Lipinski definition) is 7. The first-order valence-electron chi connectivity index (χ1n) is 25.4. The van der Waals surface area contributed by atoms with Gasteiger partial charge in [-0.1, -0.05) is 125 Å². The molecule has 4 aromatic carbocycles. The highest BCUT2D eigenvalue weighted by atomic mass is 16.5. The molecule has 0 aliphatic carbocycles. The minimum atomic E-state index is -1.10. The number of benzene rings is 4. The van der Waals surface area contributed by atoms with Crippen molar-refractivity contribution in [3.8, 4) is 0 Å². The molecular weight excluding hydrogens is 933 g/mol. The summed E-state index contributed by atoms with van der Waals surface area (Å²) in [7, 11) is 1.28. The molecule has 0 radical (unpaired) electrons. The van der Waals surface area contributed by atoms with Crippen LogP contribution < -0.4 is 31.9 Å². The van der Waals surface area contributed by atoms with E-state index in [-0.39, 0.29) is 66.5 Å². The van der Waals surface area contributed by atoms with E-state index in [2.05, 4.69) is 51.8 Å². The van der Waals surface area contributed by atoms with E-state index in [4.69, 9.17) is 4.74 Å². The van der Waals surface area contributed by atoms with Gasteiger partial charge in [-0.05, 0) is 71.2 Å². The number of fused-ring (bicyclic) bond motifs is 2. The summed E-state index contributed by atoms with van der Waals surface area (Å²) in [5.41, 5.74) is 2.09. The molecule has 18 heteroatoms. The summed E-state index contributed by atoms with van der Waals surface area (Å²) >= 11 is 0. The number of amides is 6. The highest BCUT2D eigenvalue weighted by molar-refractivity contribution is 5.92. The van der Waals surface area contributed by atoms with Crippen LogP contribution in [0.15, 0.2) is 84.9 Å². The van der Waals surface area contributed by atoms with Crippen LogP contribution in [0.5, 0.6) is 0 Å². The zero-order valence-electron chi connectivity index (χ0n) is 43.2. The molecule has 18 nitrogen and oxygen atoms in total. The number of methoxy groups -OCH3 is 1. The van der Waals surface area contributed by atoms with Crippen molar-refractivity contribution in [3.63, 3.8) is 0 Å². The molecule has 2 aliphatic rings. The van der Waals surface area contributed by atoms with Gasteiger partial charge in [-0.3, -0.25) is 43.4 Å². The molecule has 394 valence electrons. The normalized spacial score (nSPS) is 17.8. The average Bonchev–Trinajstić information content (AvgIpc) is 4.03. The summed E-state index contributed by atoms with van der Waals surface area (Å²) in [6, 6.07) is 24.8. The fourth-order valence-corrected chi connectivity index (χ4v) is 9.04. The van der Waals surface area contributed by atoms with E-state index >= 15 is 0 Å². The molecule has 73 heavy (non-hydrogen) atoms. The van der Waals surface area contributed by atoms with Crippen molar-refractivity contribution >= 4 is 68.9 Å². The second-order valence-electron chi connectivity index (χ2n) is 19.4. The van der Waals surface area contributed by atoms with Gasteiger partial charge in [-0.25, -0.2) is 4.79 Å². The third kappa shape index (κ3) is 17.1. The van der Waals surface area contributed by atoms with E-state index < -0.39 is 42.0 Å². The molecule has 0 aromatic heterocycles. The summed E-state index contributed by atoms with van der Waals surface area (Å²) < 4.78 is 4.73. The van der Waals surface area contributed by atoms with Gasteiger partial charge in [0, 0.05) is 51.1 Å². The van der Waals surface area contributed by atoms with Crippen molar-refractivity contribution < 1.29 is 48.2 Å². The number of carboxylic acids is 1. The van der Waals surface area contributed by atoms with Crippen LogP contribution in [0.3, 0.4) is 0 Å². The Morgan fingerprint density at radius 3 is 1.37 bits per heavy atom. The van der Waals surface area contributed by atoms with E-state index in [1.54, 1.807) is 6.92 Å². The Labute approximate surface area is 428 Å². The van der Waals surface area contributed by atoms with Crippen molar-refractivity contribution in [2.24, 2.45) is 11.8 Å². The number of carboxylic acid groups (broad SMARTS) is 1. The maximum absolute atomic E-state index is 12.9. The molecular formula is C55H74N8O10. The van der Waals surface area contributed by atoms with Crippen molar-refractivity contribution in [3.05, 3.63) is 96.1 Å². The Morgan fingerprint density at radius 1 is 0.603 bits per heavy atom. The molecule has 2 fully saturated rings. The predicted molar refractivity (Wildman–Crippen MR) is 278 cm³/mol. The lowest BCUT2D eigenvalue weighted by Crippen LogP contribution is -2.53. The van der Waals surface area contributed by atoms with Gasteiger partial charge in [-0.15, -0.1) is 0 Å². The number of hydrogen-bond acceptors (Lipinski definition) is 11. The number of ether oxygens (including phenoxy) is 1. The Bertz CT molecular complexity index is 2560. The van der Waals surface area contributed by atoms with Crippen molar-refractivity contribution in [2.75, 3.05) is 33.3 Å². The van der Waals surface area contributed by atoms with Crippen LogP contribution in [0.1, 0.15) is 91.2 Å². The zero-order chi connectivity index (χ0) is 53.2.